The molecule has 3 aromatic rings. The van der Waals surface area contributed by atoms with Crippen LogP contribution in [0.5, 0.6) is 0 Å². The third-order valence-corrected chi connectivity index (χ3v) is 3.10. The first-order chi connectivity index (χ1) is 8.43. The van der Waals surface area contributed by atoms with Gasteiger partial charge < -0.3 is 0 Å². The van der Waals surface area contributed by atoms with Gasteiger partial charge >= 0.3 is 0 Å². The highest BCUT2D eigenvalue weighted by Crippen LogP contribution is 2.23. The maximum atomic E-state index is 4.05. The standard InChI is InChI=1S/C14H9N2S/c1-2-4-11(5-3-1)12-6-8-13(9-7-12)14-10-17-16-15-14/h2-10H. The summed E-state index contributed by atoms with van der Waals surface area (Å²) >= 11 is 1.37. The molecule has 0 saturated carbocycles. The lowest BCUT2D eigenvalue weighted by Gasteiger charge is -2.02. The van der Waals surface area contributed by atoms with Crippen LogP contribution in [0.3, 0.4) is 0 Å². The SMILES string of the molecule is [c]1ccc(-c2ccc(-c3csnn3)cc2)cc1. The van der Waals surface area contributed by atoms with Gasteiger partial charge in [0.2, 0.25) is 0 Å². The summed E-state index contributed by atoms with van der Waals surface area (Å²) in [6, 6.07) is 19.3. The fourth-order valence-corrected chi connectivity index (χ4v) is 2.17. The molecule has 3 rings (SSSR count). The molecule has 2 aromatic carbocycles. The predicted octanol–water partition coefficient (Wildman–Crippen LogP) is 3.67. The van der Waals surface area contributed by atoms with Crippen molar-refractivity contribution in [2.45, 2.75) is 0 Å². The molecule has 0 saturated heterocycles. The Morgan fingerprint density at radius 2 is 1.47 bits per heavy atom. The van der Waals surface area contributed by atoms with Crippen molar-refractivity contribution in [1.29, 1.82) is 0 Å². The van der Waals surface area contributed by atoms with Gasteiger partial charge in [0.1, 0.15) is 5.69 Å². The van der Waals surface area contributed by atoms with Gasteiger partial charge in [-0.2, -0.15) is 0 Å². The van der Waals surface area contributed by atoms with E-state index in [4.69, 9.17) is 0 Å². The fraction of sp³-hybridized carbons (Fsp3) is 0. The van der Waals surface area contributed by atoms with Gasteiger partial charge in [-0.15, -0.1) is 5.10 Å². The molecule has 0 N–H and O–H groups in total. The summed E-state index contributed by atoms with van der Waals surface area (Å²) in [5, 5.41) is 6.00. The Morgan fingerprint density at radius 3 is 2.12 bits per heavy atom. The van der Waals surface area contributed by atoms with E-state index in [2.05, 4.69) is 52.1 Å². The molecule has 0 unspecified atom stereocenters. The van der Waals surface area contributed by atoms with Gasteiger partial charge in [0, 0.05) is 10.9 Å². The zero-order valence-electron chi connectivity index (χ0n) is 9.00. The number of benzene rings is 2. The van der Waals surface area contributed by atoms with Crippen LogP contribution in [0, 0.1) is 6.07 Å². The summed E-state index contributed by atoms with van der Waals surface area (Å²) in [7, 11) is 0. The van der Waals surface area contributed by atoms with Crippen LogP contribution in [0.2, 0.25) is 0 Å². The summed E-state index contributed by atoms with van der Waals surface area (Å²) in [4.78, 5) is 0. The van der Waals surface area contributed by atoms with Crippen molar-refractivity contribution in [1.82, 2.24) is 9.59 Å². The Labute approximate surface area is 104 Å². The number of hydrogen-bond acceptors (Lipinski definition) is 3. The highest BCUT2D eigenvalue weighted by molar-refractivity contribution is 7.03. The third kappa shape index (κ3) is 2.10. The lowest BCUT2D eigenvalue weighted by Crippen LogP contribution is -1.80. The Balaban J connectivity index is 1.96. The van der Waals surface area contributed by atoms with Gasteiger partial charge in [-0.1, -0.05) is 53.0 Å². The van der Waals surface area contributed by atoms with Crippen LogP contribution in [-0.2, 0) is 0 Å². The Kier molecular flexibility index (Phi) is 2.68. The lowest BCUT2D eigenvalue weighted by atomic mass is 10.0. The third-order valence-electron chi connectivity index (χ3n) is 2.59. The lowest BCUT2D eigenvalue weighted by molar-refractivity contribution is 1.16. The number of rotatable bonds is 2. The molecule has 0 aliphatic rings. The van der Waals surface area contributed by atoms with Gasteiger partial charge in [0.05, 0.1) is 0 Å². The molecule has 0 bridgehead atoms. The Morgan fingerprint density at radius 1 is 0.824 bits per heavy atom. The summed E-state index contributed by atoms with van der Waals surface area (Å²) in [6.07, 6.45) is 0. The number of hydrogen-bond donors (Lipinski definition) is 0. The molecule has 0 aliphatic carbocycles. The molecule has 0 spiro atoms. The average Bonchev–Trinajstić information content (AvgIpc) is 2.94. The smallest absolute Gasteiger partial charge is 0.105 e. The number of nitrogens with zero attached hydrogens (tertiary/aromatic N) is 2. The highest BCUT2D eigenvalue weighted by atomic mass is 32.1. The predicted molar refractivity (Wildman–Crippen MR) is 69.6 cm³/mol. The zero-order valence-corrected chi connectivity index (χ0v) is 9.82. The van der Waals surface area contributed by atoms with Crippen molar-refractivity contribution in [2.24, 2.45) is 0 Å². The van der Waals surface area contributed by atoms with E-state index in [1.54, 1.807) is 0 Å². The molecule has 1 aromatic heterocycles. The molecule has 0 fully saturated rings. The van der Waals surface area contributed by atoms with E-state index in [1.807, 2.05) is 17.5 Å². The van der Waals surface area contributed by atoms with Crippen molar-refractivity contribution in [3.8, 4) is 22.4 Å². The van der Waals surface area contributed by atoms with Gasteiger partial charge in [-0.25, -0.2) is 0 Å². The van der Waals surface area contributed by atoms with E-state index < -0.39 is 0 Å². The molecule has 1 heterocycles. The first-order valence-electron chi connectivity index (χ1n) is 5.27. The van der Waals surface area contributed by atoms with Crippen molar-refractivity contribution < 1.29 is 0 Å². The summed E-state index contributed by atoms with van der Waals surface area (Å²) < 4.78 is 3.87. The van der Waals surface area contributed by atoms with E-state index in [1.165, 1.54) is 22.7 Å². The normalized spacial score (nSPS) is 10.4. The molecule has 81 valence electrons. The number of aromatic nitrogens is 2. The molecule has 3 heteroatoms. The second-order valence-electron chi connectivity index (χ2n) is 3.66. The van der Waals surface area contributed by atoms with E-state index in [0.29, 0.717) is 0 Å². The van der Waals surface area contributed by atoms with Crippen molar-refractivity contribution in [3.63, 3.8) is 0 Å². The minimum atomic E-state index is 0.933. The van der Waals surface area contributed by atoms with Crippen LogP contribution < -0.4 is 0 Å². The van der Waals surface area contributed by atoms with Gasteiger partial charge in [0.25, 0.3) is 0 Å². The summed E-state index contributed by atoms with van der Waals surface area (Å²) in [5.74, 6) is 0. The van der Waals surface area contributed by atoms with Gasteiger partial charge in [-0.3, -0.25) is 0 Å². The van der Waals surface area contributed by atoms with Crippen molar-refractivity contribution >= 4 is 11.5 Å². The molecule has 17 heavy (non-hydrogen) atoms. The van der Waals surface area contributed by atoms with Gasteiger partial charge in [0.15, 0.2) is 0 Å². The molecule has 2 nitrogen and oxygen atoms in total. The van der Waals surface area contributed by atoms with E-state index >= 15 is 0 Å². The van der Waals surface area contributed by atoms with E-state index in [-0.39, 0.29) is 0 Å². The average molecular weight is 237 g/mol. The van der Waals surface area contributed by atoms with Crippen LogP contribution in [0.1, 0.15) is 0 Å². The molecule has 0 amide bonds. The van der Waals surface area contributed by atoms with Crippen LogP contribution >= 0.6 is 11.5 Å². The first-order valence-corrected chi connectivity index (χ1v) is 6.11. The highest BCUT2D eigenvalue weighted by Gasteiger charge is 2.01. The van der Waals surface area contributed by atoms with Crippen LogP contribution in [0.25, 0.3) is 22.4 Å². The monoisotopic (exact) mass is 237 g/mol. The quantitative estimate of drug-likeness (QED) is 0.679. The molecule has 1 radical (unpaired) electrons. The van der Waals surface area contributed by atoms with E-state index in [9.17, 15) is 0 Å². The topological polar surface area (TPSA) is 25.8 Å². The van der Waals surface area contributed by atoms with Gasteiger partial charge in [-0.05, 0) is 28.7 Å². The maximum Gasteiger partial charge on any atom is 0.105 e. The Hall–Kier alpha value is -2.00. The first kappa shape index (κ1) is 10.2. The van der Waals surface area contributed by atoms with Crippen molar-refractivity contribution in [3.05, 3.63) is 60.0 Å². The molecular weight excluding hydrogens is 228 g/mol. The second kappa shape index (κ2) is 4.47. The minimum absolute atomic E-state index is 0.933. The fourth-order valence-electron chi connectivity index (χ4n) is 1.70. The largest absolute Gasteiger partial charge is 0.138 e. The molecule has 0 atom stereocenters. The van der Waals surface area contributed by atoms with Crippen LogP contribution in [0.4, 0.5) is 0 Å². The van der Waals surface area contributed by atoms with Crippen LogP contribution in [-0.4, -0.2) is 9.59 Å². The Bertz CT molecular complexity index is 586. The molecular formula is C14H9N2S. The maximum absolute atomic E-state index is 4.05. The van der Waals surface area contributed by atoms with Crippen molar-refractivity contribution in [2.75, 3.05) is 0 Å². The summed E-state index contributed by atoms with van der Waals surface area (Å²) in [6.45, 7) is 0. The van der Waals surface area contributed by atoms with Crippen LogP contribution in [0.15, 0.2) is 53.9 Å². The molecule has 0 aliphatic heterocycles. The summed E-state index contributed by atoms with van der Waals surface area (Å²) in [5.41, 5.74) is 4.44. The zero-order chi connectivity index (χ0) is 11.5. The minimum Gasteiger partial charge on any atom is -0.138 e. The second-order valence-corrected chi connectivity index (χ2v) is 4.27. The van der Waals surface area contributed by atoms with E-state index in [0.717, 1.165) is 11.3 Å².